The van der Waals surface area contributed by atoms with Crippen molar-refractivity contribution in [1.82, 2.24) is 9.80 Å². The van der Waals surface area contributed by atoms with Gasteiger partial charge in [-0.15, -0.1) is 0 Å². The van der Waals surface area contributed by atoms with Gasteiger partial charge in [-0.3, -0.25) is 4.79 Å². The number of hydrogen-bond donors (Lipinski definition) is 1. The van der Waals surface area contributed by atoms with E-state index < -0.39 is 5.54 Å². The van der Waals surface area contributed by atoms with Crippen molar-refractivity contribution in [2.75, 3.05) is 27.2 Å². The fraction of sp³-hybridized carbons (Fsp3) is 0.933. The zero-order valence-electron chi connectivity index (χ0n) is 13.1. The van der Waals surface area contributed by atoms with Crippen LogP contribution in [-0.4, -0.2) is 54.5 Å². The molecule has 0 saturated heterocycles. The Morgan fingerprint density at radius 3 is 2.11 bits per heavy atom. The van der Waals surface area contributed by atoms with Crippen LogP contribution in [0.1, 0.15) is 52.4 Å². The van der Waals surface area contributed by atoms with Gasteiger partial charge in [-0.2, -0.15) is 0 Å². The Kier molecular flexibility index (Phi) is 6.27. The van der Waals surface area contributed by atoms with E-state index in [9.17, 15) is 4.79 Å². The van der Waals surface area contributed by atoms with Gasteiger partial charge in [0.05, 0.1) is 5.54 Å². The van der Waals surface area contributed by atoms with Crippen molar-refractivity contribution >= 4 is 5.91 Å². The van der Waals surface area contributed by atoms with E-state index in [0.29, 0.717) is 18.9 Å². The third kappa shape index (κ3) is 4.18. The summed E-state index contributed by atoms with van der Waals surface area (Å²) in [5, 5.41) is 0. The summed E-state index contributed by atoms with van der Waals surface area (Å²) in [5.41, 5.74) is 5.64. The Morgan fingerprint density at radius 2 is 1.68 bits per heavy atom. The van der Waals surface area contributed by atoms with Crippen LogP contribution in [0.25, 0.3) is 0 Å². The lowest BCUT2D eigenvalue weighted by atomic mass is 9.91. The summed E-state index contributed by atoms with van der Waals surface area (Å²) in [4.78, 5) is 17.0. The summed E-state index contributed by atoms with van der Waals surface area (Å²) in [5.74, 6) is 0.159. The Hall–Kier alpha value is -0.610. The summed E-state index contributed by atoms with van der Waals surface area (Å²) in [6.07, 6.45) is 6.20. The predicted octanol–water partition coefficient (Wildman–Crippen LogP) is 1.84. The monoisotopic (exact) mass is 269 g/mol. The lowest BCUT2D eigenvalue weighted by Crippen LogP contribution is -2.57. The Morgan fingerprint density at radius 1 is 1.16 bits per heavy atom. The van der Waals surface area contributed by atoms with Crippen molar-refractivity contribution in [2.24, 2.45) is 5.73 Å². The van der Waals surface area contributed by atoms with Crippen LogP contribution in [0, 0.1) is 0 Å². The van der Waals surface area contributed by atoms with Crippen LogP contribution in [0.4, 0.5) is 0 Å². The molecule has 2 N–H and O–H groups in total. The highest BCUT2D eigenvalue weighted by Gasteiger charge is 2.37. The van der Waals surface area contributed by atoms with Crippen molar-refractivity contribution in [2.45, 2.75) is 64.0 Å². The highest BCUT2D eigenvalue weighted by molar-refractivity contribution is 5.86. The molecule has 1 aliphatic carbocycles. The SMILES string of the molecule is CCC(N)(CC)C(=O)N(CCN(C)C)C1CCCC1. The molecule has 1 amide bonds. The zero-order chi connectivity index (χ0) is 14.5. The van der Waals surface area contributed by atoms with E-state index in [-0.39, 0.29) is 5.91 Å². The molecule has 1 fully saturated rings. The van der Waals surface area contributed by atoms with Gasteiger partial charge in [-0.05, 0) is 39.8 Å². The zero-order valence-corrected chi connectivity index (χ0v) is 13.1. The molecule has 0 bridgehead atoms. The molecule has 0 unspecified atom stereocenters. The smallest absolute Gasteiger partial charge is 0.242 e. The van der Waals surface area contributed by atoms with Gasteiger partial charge >= 0.3 is 0 Å². The van der Waals surface area contributed by atoms with Gasteiger partial charge in [0.2, 0.25) is 5.91 Å². The molecule has 0 aliphatic heterocycles. The summed E-state index contributed by atoms with van der Waals surface area (Å²) < 4.78 is 0. The van der Waals surface area contributed by atoms with Crippen molar-refractivity contribution in [3.63, 3.8) is 0 Å². The van der Waals surface area contributed by atoms with Gasteiger partial charge in [0.1, 0.15) is 0 Å². The first-order valence-corrected chi connectivity index (χ1v) is 7.69. The maximum absolute atomic E-state index is 12.8. The minimum atomic E-state index is -0.672. The fourth-order valence-electron chi connectivity index (χ4n) is 2.81. The molecule has 0 radical (unpaired) electrons. The Bertz CT molecular complexity index is 281. The summed E-state index contributed by atoms with van der Waals surface area (Å²) in [7, 11) is 4.10. The van der Waals surface area contributed by atoms with Gasteiger partial charge < -0.3 is 15.5 Å². The van der Waals surface area contributed by atoms with E-state index in [1.165, 1.54) is 12.8 Å². The van der Waals surface area contributed by atoms with E-state index in [1.54, 1.807) is 0 Å². The molecule has 0 spiro atoms. The summed E-state index contributed by atoms with van der Waals surface area (Å²) in [6.45, 7) is 5.74. The highest BCUT2D eigenvalue weighted by Crippen LogP contribution is 2.26. The molecule has 4 heteroatoms. The Labute approximate surface area is 118 Å². The number of carbonyl (C=O) groups excluding carboxylic acids is 1. The molecule has 112 valence electrons. The number of carbonyl (C=O) groups is 1. The normalized spacial score (nSPS) is 17.2. The fourth-order valence-corrected chi connectivity index (χ4v) is 2.81. The van der Waals surface area contributed by atoms with E-state index in [0.717, 1.165) is 25.9 Å². The molecule has 0 aromatic heterocycles. The van der Waals surface area contributed by atoms with Gasteiger partial charge in [0.25, 0.3) is 0 Å². The quantitative estimate of drug-likeness (QED) is 0.767. The molecule has 4 nitrogen and oxygen atoms in total. The number of hydrogen-bond acceptors (Lipinski definition) is 3. The van der Waals surface area contributed by atoms with E-state index >= 15 is 0 Å². The second-order valence-electron chi connectivity index (χ2n) is 6.10. The number of amides is 1. The summed E-state index contributed by atoms with van der Waals surface area (Å²) in [6, 6.07) is 0.411. The van der Waals surface area contributed by atoms with Crippen molar-refractivity contribution in [3.05, 3.63) is 0 Å². The second kappa shape index (κ2) is 7.25. The molecule has 1 rings (SSSR count). The number of rotatable bonds is 7. The van der Waals surface area contributed by atoms with Crippen LogP contribution in [0.15, 0.2) is 0 Å². The van der Waals surface area contributed by atoms with Gasteiger partial charge in [-0.1, -0.05) is 26.7 Å². The van der Waals surface area contributed by atoms with Crippen LogP contribution in [-0.2, 0) is 4.79 Å². The molecule has 0 aromatic carbocycles. The minimum Gasteiger partial charge on any atom is -0.337 e. The molecular weight excluding hydrogens is 238 g/mol. The van der Waals surface area contributed by atoms with E-state index in [4.69, 9.17) is 5.73 Å². The largest absolute Gasteiger partial charge is 0.337 e. The first-order valence-electron chi connectivity index (χ1n) is 7.69. The molecule has 0 heterocycles. The number of likely N-dealkylation sites (N-methyl/N-ethyl adjacent to an activating group) is 1. The first kappa shape index (κ1) is 16.4. The van der Waals surface area contributed by atoms with Crippen molar-refractivity contribution < 1.29 is 4.79 Å². The first-order chi connectivity index (χ1) is 8.94. The number of nitrogens with two attached hydrogens (primary N) is 1. The maximum atomic E-state index is 12.8. The average molecular weight is 269 g/mol. The van der Waals surface area contributed by atoms with E-state index in [2.05, 4.69) is 9.80 Å². The van der Waals surface area contributed by atoms with Gasteiger partial charge in [-0.25, -0.2) is 0 Å². The summed E-state index contributed by atoms with van der Waals surface area (Å²) >= 11 is 0. The predicted molar refractivity (Wildman–Crippen MR) is 80.0 cm³/mol. The van der Waals surface area contributed by atoms with Crippen molar-refractivity contribution in [1.29, 1.82) is 0 Å². The highest BCUT2D eigenvalue weighted by atomic mass is 16.2. The second-order valence-corrected chi connectivity index (χ2v) is 6.10. The molecule has 1 aliphatic rings. The van der Waals surface area contributed by atoms with Crippen LogP contribution >= 0.6 is 0 Å². The Balaban J connectivity index is 2.79. The van der Waals surface area contributed by atoms with Gasteiger partial charge in [0.15, 0.2) is 0 Å². The molecule has 0 atom stereocenters. The average Bonchev–Trinajstić information content (AvgIpc) is 2.91. The van der Waals surface area contributed by atoms with Crippen LogP contribution in [0.3, 0.4) is 0 Å². The molecule has 0 aromatic rings. The lowest BCUT2D eigenvalue weighted by Gasteiger charge is -2.37. The van der Waals surface area contributed by atoms with Crippen molar-refractivity contribution in [3.8, 4) is 0 Å². The third-order valence-electron chi connectivity index (χ3n) is 4.50. The number of nitrogens with zero attached hydrogens (tertiary/aromatic N) is 2. The topological polar surface area (TPSA) is 49.6 Å². The standard InChI is InChI=1S/C15H31N3O/c1-5-15(16,6-2)14(19)18(12-11-17(3)4)13-9-7-8-10-13/h13H,5-12,16H2,1-4H3. The van der Waals surface area contributed by atoms with Crippen LogP contribution < -0.4 is 5.73 Å². The van der Waals surface area contributed by atoms with Crippen LogP contribution in [0.2, 0.25) is 0 Å². The van der Waals surface area contributed by atoms with Crippen LogP contribution in [0.5, 0.6) is 0 Å². The van der Waals surface area contributed by atoms with E-state index in [1.807, 2.05) is 27.9 Å². The molecule has 19 heavy (non-hydrogen) atoms. The lowest BCUT2D eigenvalue weighted by molar-refractivity contribution is -0.139. The molecule has 1 saturated carbocycles. The third-order valence-corrected chi connectivity index (χ3v) is 4.50. The minimum absolute atomic E-state index is 0.159. The maximum Gasteiger partial charge on any atom is 0.242 e. The molecular formula is C15H31N3O. The van der Waals surface area contributed by atoms with Gasteiger partial charge in [0, 0.05) is 19.1 Å².